The highest BCUT2D eigenvalue weighted by atomic mass is 79.9. The van der Waals surface area contributed by atoms with Crippen molar-refractivity contribution in [2.45, 2.75) is 6.04 Å². The van der Waals surface area contributed by atoms with Gasteiger partial charge >= 0.3 is 0 Å². The summed E-state index contributed by atoms with van der Waals surface area (Å²) in [6.07, 6.45) is 0. The van der Waals surface area contributed by atoms with Crippen LogP contribution in [0.15, 0.2) is 49.9 Å². The van der Waals surface area contributed by atoms with Crippen LogP contribution in [0.5, 0.6) is 0 Å². The third-order valence-electron chi connectivity index (χ3n) is 2.84. The van der Waals surface area contributed by atoms with E-state index in [-0.39, 0.29) is 5.58 Å². The summed E-state index contributed by atoms with van der Waals surface area (Å²) in [5.74, 6) is 6.19. The maximum atomic E-state index is 13.6. The third-order valence-corrected chi connectivity index (χ3v) is 3.27. The molecular formula is C13H10BrFN2O2. The maximum Gasteiger partial charge on any atom is 0.169 e. The van der Waals surface area contributed by atoms with Gasteiger partial charge in [-0.2, -0.15) is 0 Å². The Morgan fingerprint density at radius 1 is 1.16 bits per heavy atom. The van der Waals surface area contributed by atoms with Crippen molar-refractivity contribution in [2.24, 2.45) is 5.84 Å². The van der Waals surface area contributed by atoms with E-state index < -0.39 is 11.9 Å². The van der Waals surface area contributed by atoms with Crippen LogP contribution in [0.4, 0.5) is 4.39 Å². The van der Waals surface area contributed by atoms with Gasteiger partial charge in [-0.25, -0.2) is 9.82 Å². The van der Waals surface area contributed by atoms with Gasteiger partial charge in [-0.3, -0.25) is 5.84 Å². The van der Waals surface area contributed by atoms with Gasteiger partial charge in [0.25, 0.3) is 0 Å². The van der Waals surface area contributed by atoms with Gasteiger partial charge in [-0.15, -0.1) is 0 Å². The minimum atomic E-state index is -0.474. The van der Waals surface area contributed by atoms with E-state index in [1.54, 1.807) is 30.3 Å². The first-order chi connectivity index (χ1) is 9.19. The normalized spacial score (nSPS) is 13.0. The summed E-state index contributed by atoms with van der Waals surface area (Å²) >= 11 is 3.22. The van der Waals surface area contributed by atoms with Crippen molar-refractivity contribution >= 4 is 26.9 Å². The SMILES string of the molecule is NNC(c1ccc(Br)o1)c1cc2cccc(F)c2o1. The van der Waals surface area contributed by atoms with Gasteiger partial charge < -0.3 is 8.83 Å². The number of nitrogens with one attached hydrogen (secondary N) is 1. The fourth-order valence-electron chi connectivity index (χ4n) is 1.98. The number of fused-ring (bicyclic) bond motifs is 1. The van der Waals surface area contributed by atoms with Crippen molar-refractivity contribution in [1.82, 2.24) is 5.43 Å². The molecule has 19 heavy (non-hydrogen) atoms. The standard InChI is InChI=1S/C13H10BrFN2O2/c14-11-5-4-9(18-11)12(17-16)10-6-7-2-1-3-8(15)13(7)19-10/h1-6,12,17H,16H2. The Kier molecular flexibility index (Phi) is 3.14. The van der Waals surface area contributed by atoms with Crippen LogP contribution in [0.1, 0.15) is 17.6 Å². The van der Waals surface area contributed by atoms with Crippen molar-refractivity contribution in [3.63, 3.8) is 0 Å². The van der Waals surface area contributed by atoms with E-state index in [2.05, 4.69) is 21.4 Å². The highest BCUT2D eigenvalue weighted by Gasteiger charge is 2.21. The zero-order valence-corrected chi connectivity index (χ0v) is 11.3. The number of hydrogen-bond acceptors (Lipinski definition) is 4. The second kappa shape index (κ2) is 4.80. The summed E-state index contributed by atoms with van der Waals surface area (Å²) < 4.78 is 25.1. The molecule has 0 fully saturated rings. The minimum Gasteiger partial charge on any atom is -0.456 e. The highest BCUT2D eigenvalue weighted by molar-refractivity contribution is 9.10. The summed E-state index contributed by atoms with van der Waals surface area (Å²) in [6, 6.07) is 9.53. The summed E-state index contributed by atoms with van der Waals surface area (Å²) in [5.41, 5.74) is 2.81. The topological polar surface area (TPSA) is 64.3 Å². The molecule has 0 saturated heterocycles. The van der Waals surface area contributed by atoms with Crippen LogP contribution in [0, 0.1) is 5.82 Å². The van der Waals surface area contributed by atoms with Crippen LogP contribution in [0.2, 0.25) is 0 Å². The molecule has 0 aliphatic carbocycles. The lowest BCUT2D eigenvalue weighted by atomic mass is 10.1. The second-order valence-corrected chi connectivity index (χ2v) is 4.83. The van der Waals surface area contributed by atoms with E-state index in [1.165, 1.54) is 6.07 Å². The Hall–Kier alpha value is -1.63. The lowest BCUT2D eigenvalue weighted by molar-refractivity contribution is 0.392. The number of para-hydroxylation sites is 1. The molecule has 1 aromatic carbocycles. The van der Waals surface area contributed by atoms with Gasteiger partial charge in [-0.05, 0) is 40.2 Å². The van der Waals surface area contributed by atoms with Crippen molar-refractivity contribution in [1.29, 1.82) is 0 Å². The summed E-state index contributed by atoms with van der Waals surface area (Å²) in [4.78, 5) is 0. The Morgan fingerprint density at radius 3 is 2.63 bits per heavy atom. The molecule has 0 aliphatic heterocycles. The van der Waals surface area contributed by atoms with Crippen molar-refractivity contribution < 1.29 is 13.2 Å². The molecule has 0 radical (unpaired) electrons. The van der Waals surface area contributed by atoms with Crippen molar-refractivity contribution in [3.8, 4) is 0 Å². The molecular weight excluding hydrogens is 315 g/mol. The molecule has 0 aliphatic rings. The van der Waals surface area contributed by atoms with Gasteiger partial charge in [0.2, 0.25) is 0 Å². The fourth-order valence-corrected chi connectivity index (χ4v) is 2.30. The highest BCUT2D eigenvalue weighted by Crippen LogP contribution is 2.30. The Balaban J connectivity index is 2.09. The number of hydrazine groups is 1. The number of benzene rings is 1. The quantitative estimate of drug-likeness (QED) is 0.572. The van der Waals surface area contributed by atoms with Gasteiger partial charge in [0.1, 0.15) is 17.6 Å². The van der Waals surface area contributed by atoms with E-state index in [9.17, 15) is 4.39 Å². The predicted molar refractivity (Wildman–Crippen MR) is 71.7 cm³/mol. The van der Waals surface area contributed by atoms with E-state index in [0.29, 0.717) is 21.6 Å². The maximum absolute atomic E-state index is 13.6. The number of furan rings is 2. The molecule has 2 aromatic heterocycles. The third kappa shape index (κ3) is 2.18. The summed E-state index contributed by atoms with van der Waals surface area (Å²) in [6.45, 7) is 0. The molecule has 3 N–H and O–H groups in total. The van der Waals surface area contributed by atoms with Crippen LogP contribution < -0.4 is 11.3 Å². The Bertz CT molecular complexity index is 722. The van der Waals surface area contributed by atoms with Gasteiger partial charge in [0, 0.05) is 5.39 Å². The molecule has 2 heterocycles. The minimum absolute atomic E-state index is 0.211. The molecule has 98 valence electrons. The number of nitrogens with two attached hydrogens (primary N) is 1. The number of halogens is 2. The van der Waals surface area contributed by atoms with Gasteiger partial charge in [0.05, 0.1) is 0 Å². The Morgan fingerprint density at radius 2 is 2.00 bits per heavy atom. The van der Waals surface area contributed by atoms with Gasteiger partial charge in [0.15, 0.2) is 16.1 Å². The molecule has 0 spiro atoms. The molecule has 1 unspecified atom stereocenters. The van der Waals surface area contributed by atoms with E-state index in [4.69, 9.17) is 14.7 Å². The van der Waals surface area contributed by atoms with Crippen LogP contribution in [0.3, 0.4) is 0 Å². The average molecular weight is 325 g/mol. The average Bonchev–Trinajstić information content (AvgIpc) is 2.98. The summed E-state index contributed by atoms with van der Waals surface area (Å²) in [7, 11) is 0. The number of rotatable bonds is 3. The fraction of sp³-hybridized carbons (Fsp3) is 0.0769. The molecule has 3 aromatic rings. The molecule has 0 amide bonds. The molecule has 0 bridgehead atoms. The zero-order chi connectivity index (χ0) is 13.4. The lowest BCUT2D eigenvalue weighted by Gasteiger charge is -2.09. The predicted octanol–water partition coefficient (Wildman–Crippen LogP) is 3.48. The second-order valence-electron chi connectivity index (χ2n) is 4.05. The monoisotopic (exact) mass is 324 g/mol. The Labute approximate surface area is 116 Å². The summed E-state index contributed by atoms with van der Waals surface area (Å²) in [5, 5.41) is 0.681. The van der Waals surface area contributed by atoms with Crippen molar-refractivity contribution in [3.05, 3.63) is 58.4 Å². The smallest absolute Gasteiger partial charge is 0.169 e. The zero-order valence-electron chi connectivity index (χ0n) is 9.69. The van der Waals surface area contributed by atoms with Crippen LogP contribution >= 0.6 is 15.9 Å². The van der Waals surface area contributed by atoms with E-state index in [0.717, 1.165) is 0 Å². The van der Waals surface area contributed by atoms with Crippen LogP contribution in [0.25, 0.3) is 11.0 Å². The molecule has 3 rings (SSSR count). The molecule has 6 heteroatoms. The molecule has 4 nitrogen and oxygen atoms in total. The first-order valence-corrected chi connectivity index (χ1v) is 6.37. The van der Waals surface area contributed by atoms with Crippen LogP contribution in [-0.2, 0) is 0 Å². The van der Waals surface area contributed by atoms with E-state index in [1.807, 2.05) is 0 Å². The number of hydrogen-bond donors (Lipinski definition) is 2. The van der Waals surface area contributed by atoms with Crippen LogP contribution in [-0.4, -0.2) is 0 Å². The first-order valence-electron chi connectivity index (χ1n) is 5.58. The van der Waals surface area contributed by atoms with Crippen molar-refractivity contribution in [2.75, 3.05) is 0 Å². The largest absolute Gasteiger partial charge is 0.456 e. The van der Waals surface area contributed by atoms with Gasteiger partial charge in [-0.1, -0.05) is 12.1 Å². The molecule has 0 saturated carbocycles. The molecule has 1 atom stereocenters. The lowest BCUT2D eigenvalue weighted by Crippen LogP contribution is -2.28. The van der Waals surface area contributed by atoms with E-state index >= 15 is 0 Å². The first kappa shape index (κ1) is 12.4.